The van der Waals surface area contributed by atoms with Crippen molar-refractivity contribution in [3.8, 4) is 11.3 Å². The molecule has 0 aliphatic rings. The second-order valence-electron chi connectivity index (χ2n) is 10.3. The lowest BCUT2D eigenvalue weighted by molar-refractivity contribution is 0.412. The van der Waals surface area contributed by atoms with Crippen LogP contribution in [0.2, 0.25) is 0 Å². The summed E-state index contributed by atoms with van der Waals surface area (Å²) in [6, 6.07) is 26.3. The van der Waals surface area contributed by atoms with Gasteiger partial charge in [0.25, 0.3) is 0 Å². The van der Waals surface area contributed by atoms with Crippen molar-refractivity contribution in [3.63, 3.8) is 0 Å². The standard InChI is InChI=1S/C30H27N3/c1-30(2,3)17-21-11-7-13-23-22(21)12-8-14-24(23)27-29-28(32-18-31-27)25-15-19-9-5-6-10-20(19)16-26(25)33(29)4/h5-16,18H,17H2,1-4H3. The van der Waals surface area contributed by atoms with Crippen molar-refractivity contribution in [1.29, 1.82) is 0 Å². The lowest BCUT2D eigenvalue weighted by Crippen LogP contribution is -2.09. The first-order chi connectivity index (χ1) is 15.9. The molecule has 0 radical (unpaired) electrons. The predicted octanol–water partition coefficient (Wildman–Crippen LogP) is 7.68. The molecule has 3 heteroatoms. The smallest absolute Gasteiger partial charge is 0.116 e. The van der Waals surface area contributed by atoms with Crippen molar-refractivity contribution < 1.29 is 0 Å². The summed E-state index contributed by atoms with van der Waals surface area (Å²) in [7, 11) is 2.13. The molecule has 0 fully saturated rings. The Kier molecular flexibility index (Phi) is 4.31. The van der Waals surface area contributed by atoms with Crippen LogP contribution in [0.1, 0.15) is 26.3 Å². The number of benzene rings is 4. The molecule has 6 rings (SSSR count). The van der Waals surface area contributed by atoms with Crippen LogP contribution in [0, 0.1) is 5.41 Å². The van der Waals surface area contributed by atoms with Gasteiger partial charge in [0.2, 0.25) is 0 Å². The van der Waals surface area contributed by atoms with E-state index in [1.165, 1.54) is 38.0 Å². The van der Waals surface area contributed by atoms with E-state index in [-0.39, 0.29) is 5.41 Å². The van der Waals surface area contributed by atoms with E-state index in [4.69, 9.17) is 9.97 Å². The van der Waals surface area contributed by atoms with Crippen LogP contribution in [0.3, 0.4) is 0 Å². The molecule has 0 unspecified atom stereocenters. The first-order valence-corrected chi connectivity index (χ1v) is 11.5. The largest absolute Gasteiger partial charge is 0.340 e. The van der Waals surface area contributed by atoms with E-state index < -0.39 is 0 Å². The molecule has 3 nitrogen and oxygen atoms in total. The minimum atomic E-state index is 0.227. The topological polar surface area (TPSA) is 30.7 Å². The Morgan fingerprint density at radius 2 is 1.48 bits per heavy atom. The van der Waals surface area contributed by atoms with E-state index in [0.29, 0.717) is 0 Å². The van der Waals surface area contributed by atoms with E-state index in [9.17, 15) is 0 Å². The molecular weight excluding hydrogens is 402 g/mol. The Bertz CT molecular complexity index is 1680. The van der Waals surface area contributed by atoms with E-state index >= 15 is 0 Å². The summed E-state index contributed by atoms with van der Waals surface area (Å²) in [4.78, 5) is 9.56. The normalized spacial score (nSPS) is 12.4. The van der Waals surface area contributed by atoms with Crippen LogP contribution in [-0.4, -0.2) is 14.5 Å². The molecular formula is C30H27N3. The van der Waals surface area contributed by atoms with E-state index in [1.54, 1.807) is 6.33 Å². The van der Waals surface area contributed by atoms with Crippen molar-refractivity contribution in [3.05, 3.63) is 84.7 Å². The minimum Gasteiger partial charge on any atom is -0.340 e. The number of aromatic nitrogens is 3. The summed E-state index contributed by atoms with van der Waals surface area (Å²) in [6.07, 6.45) is 2.75. The molecule has 0 amide bonds. The lowest BCUT2D eigenvalue weighted by atomic mass is 9.85. The summed E-state index contributed by atoms with van der Waals surface area (Å²) >= 11 is 0. The summed E-state index contributed by atoms with van der Waals surface area (Å²) in [5.41, 5.74) is 7.02. The fourth-order valence-corrected chi connectivity index (χ4v) is 5.21. The molecule has 0 N–H and O–H groups in total. The van der Waals surface area contributed by atoms with Crippen LogP contribution in [0.5, 0.6) is 0 Å². The second-order valence-corrected chi connectivity index (χ2v) is 10.3. The van der Waals surface area contributed by atoms with Gasteiger partial charge in [-0.2, -0.15) is 0 Å². The molecule has 162 valence electrons. The number of hydrogen-bond donors (Lipinski definition) is 0. The van der Waals surface area contributed by atoms with Gasteiger partial charge in [-0.15, -0.1) is 0 Å². The van der Waals surface area contributed by atoms with Gasteiger partial charge in [0.1, 0.15) is 11.8 Å². The van der Waals surface area contributed by atoms with Crippen LogP contribution >= 0.6 is 0 Å². The van der Waals surface area contributed by atoms with Gasteiger partial charge in [-0.1, -0.05) is 81.4 Å². The molecule has 6 aromatic rings. The lowest BCUT2D eigenvalue weighted by Gasteiger charge is -2.20. The van der Waals surface area contributed by atoms with Gasteiger partial charge < -0.3 is 4.57 Å². The summed E-state index contributed by atoms with van der Waals surface area (Å²) in [5.74, 6) is 0. The van der Waals surface area contributed by atoms with Crippen molar-refractivity contribution in [1.82, 2.24) is 14.5 Å². The van der Waals surface area contributed by atoms with Gasteiger partial charge in [0.05, 0.1) is 16.7 Å². The summed E-state index contributed by atoms with van der Waals surface area (Å²) in [6.45, 7) is 6.88. The third-order valence-corrected chi connectivity index (χ3v) is 6.63. The fraction of sp³-hybridized carbons (Fsp3) is 0.200. The Labute approximate surface area is 193 Å². The van der Waals surface area contributed by atoms with Crippen molar-refractivity contribution in [2.45, 2.75) is 27.2 Å². The molecule has 0 aliphatic heterocycles. The Balaban J connectivity index is 1.67. The maximum absolute atomic E-state index is 4.83. The molecule has 0 atom stereocenters. The molecule has 0 bridgehead atoms. The highest BCUT2D eigenvalue weighted by molar-refractivity contribution is 6.15. The SMILES string of the molecule is Cn1c2cc3ccccc3cc2c2ncnc(-c3cccc4c(CC(C)(C)C)cccc34)c21. The number of rotatable bonds is 2. The first kappa shape index (κ1) is 19.9. The van der Waals surface area contributed by atoms with Gasteiger partial charge >= 0.3 is 0 Å². The van der Waals surface area contributed by atoms with Crippen LogP contribution < -0.4 is 0 Å². The number of nitrogens with zero attached hydrogens (tertiary/aromatic N) is 3. The van der Waals surface area contributed by atoms with Gasteiger partial charge in [-0.05, 0) is 51.1 Å². The predicted molar refractivity (Wildman–Crippen MR) is 140 cm³/mol. The average molecular weight is 430 g/mol. The summed E-state index contributed by atoms with van der Waals surface area (Å²) in [5, 5.41) is 6.19. The maximum atomic E-state index is 4.83. The van der Waals surface area contributed by atoms with Crippen molar-refractivity contribution in [2.24, 2.45) is 12.5 Å². The van der Waals surface area contributed by atoms with Crippen molar-refractivity contribution >= 4 is 43.5 Å². The van der Waals surface area contributed by atoms with Crippen LogP contribution in [0.15, 0.2) is 79.1 Å². The third-order valence-electron chi connectivity index (χ3n) is 6.63. The summed E-state index contributed by atoms with van der Waals surface area (Å²) < 4.78 is 2.25. The Morgan fingerprint density at radius 3 is 2.27 bits per heavy atom. The van der Waals surface area contributed by atoms with Crippen molar-refractivity contribution in [2.75, 3.05) is 0 Å². The third kappa shape index (κ3) is 3.19. The zero-order chi connectivity index (χ0) is 22.7. The van der Waals surface area contributed by atoms with Gasteiger partial charge in [0, 0.05) is 18.0 Å². The van der Waals surface area contributed by atoms with Gasteiger partial charge in [0.15, 0.2) is 0 Å². The molecule has 33 heavy (non-hydrogen) atoms. The fourth-order valence-electron chi connectivity index (χ4n) is 5.21. The molecule has 0 saturated carbocycles. The zero-order valence-electron chi connectivity index (χ0n) is 19.6. The quantitative estimate of drug-likeness (QED) is 0.282. The second kappa shape index (κ2) is 7.14. The number of fused-ring (bicyclic) bond motifs is 5. The van der Waals surface area contributed by atoms with E-state index in [0.717, 1.165) is 28.7 Å². The Morgan fingerprint density at radius 1 is 0.758 bits per heavy atom. The molecule has 0 aliphatic carbocycles. The minimum absolute atomic E-state index is 0.227. The maximum Gasteiger partial charge on any atom is 0.116 e. The molecule has 0 spiro atoms. The Hall–Kier alpha value is -3.72. The van der Waals surface area contributed by atoms with E-state index in [1.807, 2.05) is 0 Å². The van der Waals surface area contributed by atoms with E-state index in [2.05, 4.69) is 105 Å². The average Bonchev–Trinajstić information content (AvgIpc) is 3.08. The highest BCUT2D eigenvalue weighted by Crippen LogP contribution is 2.38. The monoisotopic (exact) mass is 429 g/mol. The molecule has 0 saturated heterocycles. The first-order valence-electron chi connectivity index (χ1n) is 11.5. The highest BCUT2D eigenvalue weighted by Gasteiger charge is 2.19. The van der Waals surface area contributed by atoms with Gasteiger partial charge in [-0.25, -0.2) is 9.97 Å². The molecule has 2 aromatic heterocycles. The molecule has 2 heterocycles. The van der Waals surface area contributed by atoms with Crippen LogP contribution in [0.4, 0.5) is 0 Å². The van der Waals surface area contributed by atoms with Gasteiger partial charge in [-0.3, -0.25) is 0 Å². The van der Waals surface area contributed by atoms with Crippen LogP contribution in [-0.2, 0) is 13.5 Å². The molecule has 4 aromatic carbocycles. The zero-order valence-corrected chi connectivity index (χ0v) is 19.6. The highest BCUT2D eigenvalue weighted by atomic mass is 15.0. The number of aryl methyl sites for hydroxylation is 1. The number of hydrogen-bond acceptors (Lipinski definition) is 2. The van der Waals surface area contributed by atoms with Crippen LogP contribution in [0.25, 0.3) is 54.7 Å².